The van der Waals surface area contributed by atoms with E-state index in [1.165, 1.54) is 0 Å². The van der Waals surface area contributed by atoms with Crippen molar-refractivity contribution < 1.29 is 19.1 Å². The van der Waals surface area contributed by atoms with Gasteiger partial charge < -0.3 is 24.1 Å². The number of fused-ring (bicyclic) bond motifs is 1. The second-order valence-electron chi connectivity index (χ2n) is 6.32. The average molecular weight is 344 g/mol. The molecule has 1 aliphatic heterocycles. The van der Waals surface area contributed by atoms with Crippen molar-refractivity contribution in [2.45, 2.75) is 25.7 Å². The number of hydrogen-bond acceptors (Lipinski definition) is 5. The van der Waals surface area contributed by atoms with E-state index in [-0.39, 0.29) is 12.5 Å². The molecule has 3 rings (SSSR count). The number of aliphatic hydroxyl groups excluding tert-OH is 1. The molecule has 1 aliphatic rings. The lowest BCUT2D eigenvalue weighted by molar-refractivity contribution is -0.130. The molecule has 6 nitrogen and oxygen atoms in total. The molecule has 1 aromatic heterocycles. The van der Waals surface area contributed by atoms with Crippen LogP contribution in [0.1, 0.15) is 17.7 Å². The van der Waals surface area contributed by atoms with Gasteiger partial charge in [-0.1, -0.05) is 18.2 Å². The zero-order chi connectivity index (χ0) is 17.6. The number of rotatable bonds is 6. The summed E-state index contributed by atoms with van der Waals surface area (Å²) in [4.78, 5) is 15.9. The molecule has 1 N–H and O–H groups in total. The number of nitrogens with zero attached hydrogens (tertiary/aromatic N) is 2. The maximum absolute atomic E-state index is 12.1. The Morgan fingerprint density at radius 2 is 2.12 bits per heavy atom. The second kappa shape index (κ2) is 8.18. The Hall–Kier alpha value is -2.31. The summed E-state index contributed by atoms with van der Waals surface area (Å²) in [5.41, 5.74) is 2.15. The van der Waals surface area contributed by atoms with Gasteiger partial charge in [0.2, 0.25) is 5.91 Å². The van der Waals surface area contributed by atoms with Gasteiger partial charge in [0.1, 0.15) is 12.4 Å². The number of carbonyl (C=O) groups is 1. The highest BCUT2D eigenvalue weighted by molar-refractivity contribution is 5.77. The van der Waals surface area contributed by atoms with E-state index in [2.05, 4.69) is 4.90 Å². The number of benzene rings is 1. The van der Waals surface area contributed by atoms with Crippen LogP contribution in [-0.4, -0.2) is 48.8 Å². The van der Waals surface area contributed by atoms with E-state index in [0.717, 1.165) is 17.0 Å². The largest absolute Gasteiger partial charge is 0.467 e. The first kappa shape index (κ1) is 17.5. The van der Waals surface area contributed by atoms with Gasteiger partial charge in [0.05, 0.1) is 19.0 Å². The van der Waals surface area contributed by atoms with Gasteiger partial charge in [0.25, 0.3) is 0 Å². The molecule has 0 fully saturated rings. The quantitative estimate of drug-likeness (QED) is 0.868. The molecule has 134 valence electrons. The zero-order valence-corrected chi connectivity index (χ0v) is 14.4. The number of hydrogen-bond donors (Lipinski definition) is 1. The number of anilines is 1. The molecule has 1 amide bonds. The minimum atomic E-state index is -0.643. The molecule has 0 spiro atoms. The molecule has 0 saturated heterocycles. The van der Waals surface area contributed by atoms with Gasteiger partial charge in [-0.2, -0.15) is 0 Å². The van der Waals surface area contributed by atoms with Gasteiger partial charge in [-0.3, -0.25) is 4.79 Å². The highest BCUT2D eigenvalue weighted by atomic mass is 16.5. The lowest BCUT2D eigenvalue weighted by Crippen LogP contribution is -2.40. The van der Waals surface area contributed by atoms with E-state index < -0.39 is 6.10 Å². The third-order valence-electron chi connectivity index (χ3n) is 4.33. The van der Waals surface area contributed by atoms with Crippen LogP contribution in [-0.2, 0) is 22.7 Å². The Labute approximate surface area is 147 Å². The molecule has 1 atom stereocenters. The molecule has 0 bridgehead atoms. The predicted molar refractivity (Wildman–Crippen MR) is 94.1 cm³/mol. The Morgan fingerprint density at radius 1 is 1.28 bits per heavy atom. The second-order valence-corrected chi connectivity index (χ2v) is 6.32. The van der Waals surface area contributed by atoms with Crippen molar-refractivity contribution in [3.05, 3.63) is 54.0 Å². The van der Waals surface area contributed by atoms with E-state index in [9.17, 15) is 9.90 Å². The lowest BCUT2D eigenvalue weighted by atomic mass is 10.1. The molecule has 6 heteroatoms. The third-order valence-corrected chi connectivity index (χ3v) is 4.33. The third kappa shape index (κ3) is 4.61. The van der Waals surface area contributed by atoms with Crippen LogP contribution in [0.5, 0.6) is 0 Å². The van der Waals surface area contributed by atoms with Gasteiger partial charge in [-0.15, -0.1) is 0 Å². The minimum absolute atomic E-state index is 0.114. The highest BCUT2D eigenvalue weighted by Gasteiger charge is 2.22. The zero-order valence-electron chi connectivity index (χ0n) is 14.4. The summed E-state index contributed by atoms with van der Waals surface area (Å²) in [7, 11) is 1.83. The van der Waals surface area contributed by atoms with Crippen molar-refractivity contribution in [3.8, 4) is 0 Å². The number of amides is 1. The van der Waals surface area contributed by atoms with Crippen LogP contribution in [0.15, 0.2) is 47.1 Å². The standard InChI is InChI=1S/C19H24N2O4/c1-20-11-15-5-2-3-7-18(15)21(9-8-19(20)23)12-16(22)13-24-14-17-6-4-10-25-17/h2-7,10,16,22H,8-9,11-14H2,1H3. The van der Waals surface area contributed by atoms with Gasteiger partial charge in [-0.05, 0) is 23.8 Å². The van der Waals surface area contributed by atoms with Crippen molar-refractivity contribution in [1.82, 2.24) is 4.90 Å². The predicted octanol–water partition coefficient (Wildman–Crippen LogP) is 2.03. The summed E-state index contributed by atoms with van der Waals surface area (Å²) < 4.78 is 10.7. The fraction of sp³-hybridized carbons (Fsp3) is 0.421. The molecular formula is C19H24N2O4. The van der Waals surface area contributed by atoms with Crippen LogP contribution in [0, 0.1) is 0 Å². The normalized spacial score (nSPS) is 16.3. The van der Waals surface area contributed by atoms with Crippen molar-refractivity contribution in [2.24, 2.45) is 0 Å². The van der Waals surface area contributed by atoms with Crippen molar-refractivity contribution >= 4 is 11.6 Å². The first-order chi connectivity index (χ1) is 12.1. The summed E-state index contributed by atoms with van der Waals surface area (Å²) >= 11 is 0. The van der Waals surface area contributed by atoms with Crippen molar-refractivity contribution in [3.63, 3.8) is 0 Å². The molecule has 1 aromatic carbocycles. The molecule has 2 heterocycles. The van der Waals surface area contributed by atoms with Crippen LogP contribution in [0.3, 0.4) is 0 Å². The molecule has 25 heavy (non-hydrogen) atoms. The summed E-state index contributed by atoms with van der Waals surface area (Å²) in [6.45, 7) is 2.13. The van der Waals surface area contributed by atoms with E-state index in [4.69, 9.17) is 9.15 Å². The van der Waals surface area contributed by atoms with E-state index in [1.54, 1.807) is 17.2 Å². The smallest absolute Gasteiger partial charge is 0.224 e. The van der Waals surface area contributed by atoms with Crippen LogP contribution >= 0.6 is 0 Å². The van der Waals surface area contributed by atoms with Crippen LogP contribution in [0.2, 0.25) is 0 Å². The maximum Gasteiger partial charge on any atom is 0.224 e. The van der Waals surface area contributed by atoms with Crippen LogP contribution < -0.4 is 4.90 Å². The van der Waals surface area contributed by atoms with Crippen molar-refractivity contribution in [2.75, 3.05) is 31.6 Å². The fourth-order valence-electron chi connectivity index (χ4n) is 3.03. The minimum Gasteiger partial charge on any atom is -0.467 e. The molecule has 0 saturated carbocycles. The first-order valence-electron chi connectivity index (χ1n) is 8.48. The summed E-state index contributed by atoms with van der Waals surface area (Å²) in [5.74, 6) is 0.848. The van der Waals surface area contributed by atoms with Gasteiger partial charge in [0, 0.05) is 38.8 Å². The SMILES string of the molecule is CN1Cc2ccccc2N(CC(O)COCc2ccco2)CCC1=O. The number of β-amino-alcohol motifs (C(OH)–C–C–N with tert-alkyl or cyclic N) is 1. The molecule has 0 aliphatic carbocycles. The Bertz CT molecular complexity index is 686. The fourth-order valence-corrected chi connectivity index (χ4v) is 3.03. The number of aliphatic hydroxyl groups is 1. The number of carbonyl (C=O) groups excluding carboxylic acids is 1. The average Bonchev–Trinajstić information content (AvgIpc) is 3.11. The van der Waals surface area contributed by atoms with Crippen LogP contribution in [0.4, 0.5) is 5.69 Å². The van der Waals surface area contributed by atoms with Gasteiger partial charge >= 0.3 is 0 Å². The van der Waals surface area contributed by atoms with Gasteiger partial charge in [0.15, 0.2) is 0 Å². The monoisotopic (exact) mass is 344 g/mol. The van der Waals surface area contributed by atoms with E-state index >= 15 is 0 Å². The number of furan rings is 1. The summed E-state index contributed by atoms with van der Waals surface area (Å²) in [5, 5.41) is 10.3. The van der Waals surface area contributed by atoms with E-state index in [0.29, 0.717) is 32.7 Å². The van der Waals surface area contributed by atoms with E-state index in [1.807, 2.05) is 37.4 Å². The van der Waals surface area contributed by atoms with Crippen LogP contribution in [0.25, 0.3) is 0 Å². The summed E-state index contributed by atoms with van der Waals surface area (Å²) in [6, 6.07) is 11.7. The Kier molecular flexibility index (Phi) is 5.73. The van der Waals surface area contributed by atoms with Gasteiger partial charge in [-0.25, -0.2) is 0 Å². The topological polar surface area (TPSA) is 66.2 Å². The Morgan fingerprint density at radius 3 is 2.92 bits per heavy atom. The molecule has 2 aromatic rings. The Balaban J connectivity index is 1.62. The number of ether oxygens (including phenoxy) is 1. The maximum atomic E-state index is 12.1. The summed E-state index contributed by atoms with van der Waals surface area (Å²) in [6.07, 6.45) is 1.39. The number of para-hydroxylation sites is 1. The lowest BCUT2D eigenvalue weighted by Gasteiger charge is -2.33. The highest BCUT2D eigenvalue weighted by Crippen LogP contribution is 2.24. The molecule has 0 radical (unpaired) electrons. The molecule has 1 unspecified atom stereocenters. The van der Waals surface area contributed by atoms with Crippen molar-refractivity contribution in [1.29, 1.82) is 0 Å². The first-order valence-corrected chi connectivity index (χ1v) is 8.48. The molecular weight excluding hydrogens is 320 g/mol.